The van der Waals surface area contributed by atoms with Crippen molar-refractivity contribution in [3.63, 3.8) is 0 Å². The molecule has 0 spiro atoms. The van der Waals surface area contributed by atoms with Gasteiger partial charge in [0, 0.05) is 11.3 Å². The summed E-state index contributed by atoms with van der Waals surface area (Å²) in [5.74, 6) is 1.38. The van der Waals surface area contributed by atoms with Crippen molar-refractivity contribution < 1.29 is 0 Å². The van der Waals surface area contributed by atoms with Gasteiger partial charge in [-0.25, -0.2) is 0 Å². The molecule has 1 nitrogen and oxygen atoms in total. The fourth-order valence-corrected chi connectivity index (χ4v) is 3.47. The van der Waals surface area contributed by atoms with Crippen LogP contribution in [-0.2, 0) is 0 Å². The van der Waals surface area contributed by atoms with Gasteiger partial charge in [0.2, 0.25) is 0 Å². The van der Waals surface area contributed by atoms with E-state index in [-0.39, 0.29) is 0 Å². The summed E-state index contributed by atoms with van der Waals surface area (Å²) in [5, 5.41) is 4.47. The highest BCUT2D eigenvalue weighted by molar-refractivity contribution is 7.99. The van der Waals surface area contributed by atoms with E-state index in [9.17, 15) is 0 Å². The molecule has 90 valence electrons. The zero-order valence-electron chi connectivity index (χ0n) is 10.4. The molecule has 0 aromatic carbocycles. The van der Waals surface area contributed by atoms with Crippen molar-refractivity contribution >= 4 is 11.8 Å². The SMILES string of the molecule is CC(C)NCCCCSC1CCCCC1. The predicted octanol–water partition coefficient (Wildman–Crippen LogP) is 3.83. The molecule has 0 unspecified atom stereocenters. The minimum atomic E-state index is 0.649. The highest BCUT2D eigenvalue weighted by Gasteiger charge is 2.12. The summed E-state index contributed by atoms with van der Waals surface area (Å²) in [6.45, 7) is 5.64. The second-order valence-corrected chi connectivity index (χ2v) is 6.35. The van der Waals surface area contributed by atoms with Gasteiger partial charge in [0.15, 0.2) is 0 Å². The average molecular weight is 229 g/mol. The zero-order valence-corrected chi connectivity index (χ0v) is 11.2. The summed E-state index contributed by atoms with van der Waals surface area (Å²) in [5.41, 5.74) is 0. The number of hydrogen-bond donors (Lipinski definition) is 1. The largest absolute Gasteiger partial charge is 0.315 e. The maximum atomic E-state index is 3.47. The van der Waals surface area contributed by atoms with E-state index in [1.807, 2.05) is 0 Å². The Morgan fingerprint density at radius 3 is 2.53 bits per heavy atom. The Morgan fingerprint density at radius 2 is 1.87 bits per heavy atom. The fraction of sp³-hybridized carbons (Fsp3) is 1.00. The van der Waals surface area contributed by atoms with Crippen LogP contribution in [0.1, 0.15) is 58.8 Å². The van der Waals surface area contributed by atoms with Gasteiger partial charge in [-0.1, -0.05) is 33.1 Å². The maximum Gasteiger partial charge on any atom is 0.00470 e. The molecule has 0 heterocycles. The summed E-state index contributed by atoms with van der Waals surface area (Å²) in [4.78, 5) is 0. The van der Waals surface area contributed by atoms with E-state index in [1.54, 1.807) is 0 Å². The van der Waals surface area contributed by atoms with Crippen molar-refractivity contribution in [1.82, 2.24) is 5.32 Å². The van der Waals surface area contributed by atoms with Crippen molar-refractivity contribution in [2.24, 2.45) is 0 Å². The quantitative estimate of drug-likeness (QED) is 0.666. The first-order valence-corrected chi connectivity index (χ1v) is 7.69. The van der Waals surface area contributed by atoms with Gasteiger partial charge in [-0.15, -0.1) is 0 Å². The van der Waals surface area contributed by atoms with Gasteiger partial charge < -0.3 is 5.32 Å². The molecule has 0 amide bonds. The molecule has 2 heteroatoms. The normalized spacial score (nSPS) is 18.6. The lowest BCUT2D eigenvalue weighted by Crippen LogP contribution is -2.23. The number of hydrogen-bond acceptors (Lipinski definition) is 2. The lowest BCUT2D eigenvalue weighted by atomic mass is 10.0. The predicted molar refractivity (Wildman–Crippen MR) is 71.7 cm³/mol. The molecule has 0 aromatic rings. The lowest BCUT2D eigenvalue weighted by Gasteiger charge is -2.20. The van der Waals surface area contributed by atoms with Crippen LogP contribution in [0, 0.1) is 0 Å². The minimum Gasteiger partial charge on any atom is -0.315 e. The van der Waals surface area contributed by atoms with Crippen molar-refractivity contribution in [3.05, 3.63) is 0 Å². The first-order valence-electron chi connectivity index (χ1n) is 6.64. The maximum absolute atomic E-state index is 3.47. The van der Waals surface area contributed by atoms with Crippen molar-refractivity contribution in [2.75, 3.05) is 12.3 Å². The van der Waals surface area contributed by atoms with Gasteiger partial charge in [0.1, 0.15) is 0 Å². The monoisotopic (exact) mass is 229 g/mol. The van der Waals surface area contributed by atoms with E-state index in [0.717, 1.165) is 5.25 Å². The Hall–Kier alpha value is 0.310. The van der Waals surface area contributed by atoms with Gasteiger partial charge in [-0.2, -0.15) is 11.8 Å². The van der Waals surface area contributed by atoms with Gasteiger partial charge >= 0.3 is 0 Å². The van der Waals surface area contributed by atoms with Gasteiger partial charge in [-0.3, -0.25) is 0 Å². The lowest BCUT2D eigenvalue weighted by molar-refractivity contribution is 0.515. The van der Waals surface area contributed by atoms with Crippen LogP contribution in [-0.4, -0.2) is 23.6 Å². The summed E-state index contributed by atoms with van der Waals surface area (Å²) < 4.78 is 0. The molecule has 0 atom stereocenters. The van der Waals surface area contributed by atoms with Crippen LogP contribution in [0.5, 0.6) is 0 Å². The van der Waals surface area contributed by atoms with Crippen molar-refractivity contribution in [3.8, 4) is 0 Å². The molecule has 15 heavy (non-hydrogen) atoms. The number of thioether (sulfide) groups is 1. The Balaban J connectivity index is 1.83. The highest BCUT2D eigenvalue weighted by atomic mass is 32.2. The topological polar surface area (TPSA) is 12.0 Å². The standard InChI is InChI=1S/C13H27NS/c1-12(2)14-10-6-7-11-15-13-8-4-3-5-9-13/h12-14H,3-11H2,1-2H3. The Bertz CT molecular complexity index is 141. The molecule has 1 fully saturated rings. The van der Waals surface area contributed by atoms with Gasteiger partial charge in [0.25, 0.3) is 0 Å². The van der Waals surface area contributed by atoms with Crippen LogP contribution in [0.4, 0.5) is 0 Å². The number of unbranched alkanes of at least 4 members (excludes halogenated alkanes) is 1. The highest BCUT2D eigenvalue weighted by Crippen LogP contribution is 2.28. The second kappa shape index (κ2) is 8.46. The third kappa shape index (κ3) is 7.24. The molecule has 1 aliphatic carbocycles. The summed E-state index contributed by atoms with van der Waals surface area (Å²) >= 11 is 2.23. The summed E-state index contributed by atoms with van der Waals surface area (Å²) in [6.07, 6.45) is 10.1. The Morgan fingerprint density at radius 1 is 1.13 bits per heavy atom. The van der Waals surface area contributed by atoms with E-state index in [0.29, 0.717) is 6.04 Å². The molecule has 1 saturated carbocycles. The smallest absolute Gasteiger partial charge is 0.00470 e. The molecular formula is C13H27NS. The fourth-order valence-electron chi connectivity index (χ4n) is 2.10. The van der Waals surface area contributed by atoms with Crippen LogP contribution in [0.3, 0.4) is 0 Å². The van der Waals surface area contributed by atoms with E-state index in [1.165, 1.54) is 57.2 Å². The van der Waals surface area contributed by atoms with E-state index >= 15 is 0 Å². The Labute approximate surface area is 99.8 Å². The van der Waals surface area contributed by atoms with E-state index in [4.69, 9.17) is 0 Å². The summed E-state index contributed by atoms with van der Waals surface area (Å²) in [7, 11) is 0. The molecule has 1 aliphatic rings. The first-order chi connectivity index (χ1) is 7.29. The number of rotatable bonds is 7. The second-order valence-electron chi connectivity index (χ2n) is 4.95. The van der Waals surface area contributed by atoms with Crippen LogP contribution in [0.25, 0.3) is 0 Å². The third-order valence-corrected chi connectivity index (χ3v) is 4.50. The summed E-state index contributed by atoms with van der Waals surface area (Å²) in [6, 6.07) is 0.649. The first kappa shape index (κ1) is 13.4. The third-order valence-electron chi connectivity index (χ3n) is 3.03. The average Bonchev–Trinajstić information content (AvgIpc) is 2.24. The van der Waals surface area contributed by atoms with Crippen LogP contribution in [0.2, 0.25) is 0 Å². The molecule has 0 aliphatic heterocycles. The van der Waals surface area contributed by atoms with Crippen molar-refractivity contribution in [1.29, 1.82) is 0 Å². The van der Waals surface area contributed by atoms with E-state index in [2.05, 4.69) is 30.9 Å². The zero-order chi connectivity index (χ0) is 10.9. The number of nitrogens with one attached hydrogen (secondary N) is 1. The van der Waals surface area contributed by atoms with Crippen molar-refractivity contribution in [2.45, 2.75) is 70.1 Å². The minimum absolute atomic E-state index is 0.649. The molecule has 1 N–H and O–H groups in total. The van der Waals surface area contributed by atoms with Crippen LogP contribution >= 0.6 is 11.8 Å². The van der Waals surface area contributed by atoms with Crippen LogP contribution in [0.15, 0.2) is 0 Å². The van der Waals surface area contributed by atoms with Crippen LogP contribution < -0.4 is 5.32 Å². The molecule has 0 bridgehead atoms. The van der Waals surface area contributed by atoms with E-state index < -0.39 is 0 Å². The molecule has 0 saturated heterocycles. The molecule has 0 aromatic heterocycles. The van der Waals surface area contributed by atoms with Gasteiger partial charge in [-0.05, 0) is 38.0 Å². The Kier molecular flexibility index (Phi) is 7.54. The molecule has 0 radical (unpaired) electrons. The van der Waals surface area contributed by atoms with Gasteiger partial charge in [0.05, 0.1) is 0 Å². The molecular weight excluding hydrogens is 202 g/mol. The molecule has 1 rings (SSSR count).